The highest BCUT2D eigenvalue weighted by Gasteiger charge is 2.43. The largest absolute Gasteiger partial charge is 0.381 e. The number of hydrogen-bond acceptors (Lipinski definition) is 4. The highest BCUT2D eigenvalue weighted by atomic mass is 19.1. The molecule has 2 aliphatic heterocycles. The molecule has 3 aromatic carbocycles. The minimum absolute atomic E-state index is 0.0855. The molecular formula is C29H27F2N3O4. The number of carbonyl (C=O) groups is 3. The number of halogens is 2. The maximum atomic E-state index is 13.9. The zero-order valence-corrected chi connectivity index (χ0v) is 20.8. The average molecular weight is 520 g/mol. The lowest BCUT2D eigenvalue weighted by molar-refractivity contribution is -0.139. The predicted molar refractivity (Wildman–Crippen MR) is 137 cm³/mol. The molecule has 1 fully saturated rings. The van der Waals surface area contributed by atoms with Crippen molar-refractivity contribution in [1.29, 1.82) is 0 Å². The molecule has 3 amide bonds. The summed E-state index contributed by atoms with van der Waals surface area (Å²) in [4.78, 5) is 41.8. The van der Waals surface area contributed by atoms with Gasteiger partial charge in [0, 0.05) is 44.0 Å². The molecule has 38 heavy (non-hydrogen) atoms. The molecule has 3 aromatic rings. The first-order valence-electron chi connectivity index (χ1n) is 12.4. The second-order valence-corrected chi connectivity index (χ2v) is 9.64. The smallest absolute Gasteiger partial charge is 0.253 e. The number of fused-ring (bicyclic) bond motifs is 3. The molecule has 7 nitrogen and oxygen atoms in total. The van der Waals surface area contributed by atoms with Gasteiger partial charge in [0.1, 0.15) is 17.7 Å². The van der Waals surface area contributed by atoms with Gasteiger partial charge in [-0.25, -0.2) is 8.78 Å². The quantitative estimate of drug-likeness (QED) is 0.534. The van der Waals surface area contributed by atoms with Gasteiger partial charge in [-0.05, 0) is 42.2 Å². The molecule has 9 heteroatoms. The van der Waals surface area contributed by atoms with Gasteiger partial charge in [-0.3, -0.25) is 14.4 Å². The lowest BCUT2D eigenvalue weighted by Gasteiger charge is -2.37. The number of benzene rings is 3. The number of nitrogens with zero attached hydrogens (tertiary/aromatic N) is 1. The van der Waals surface area contributed by atoms with Crippen LogP contribution in [0.15, 0.2) is 66.7 Å². The Balaban J connectivity index is 1.43. The molecule has 2 heterocycles. The van der Waals surface area contributed by atoms with Crippen molar-refractivity contribution in [3.63, 3.8) is 0 Å². The zero-order valence-electron chi connectivity index (χ0n) is 20.8. The minimum atomic E-state index is -1.08. The number of nitrogens with one attached hydrogen (secondary N) is 2. The summed E-state index contributed by atoms with van der Waals surface area (Å²) in [6, 6.07) is 16.6. The van der Waals surface area contributed by atoms with Crippen LogP contribution in [0.5, 0.6) is 0 Å². The number of amides is 3. The van der Waals surface area contributed by atoms with E-state index in [1.54, 1.807) is 7.05 Å². The maximum absolute atomic E-state index is 13.9. The molecule has 0 spiro atoms. The van der Waals surface area contributed by atoms with E-state index in [4.69, 9.17) is 4.74 Å². The number of hydrogen-bond donors (Lipinski definition) is 2. The van der Waals surface area contributed by atoms with Crippen molar-refractivity contribution in [2.75, 3.05) is 31.7 Å². The Morgan fingerprint density at radius 2 is 1.61 bits per heavy atom. The summed E-state index contributed by atoms with van der Waals surface area (Å²) < 4.78 is 32.7. The summed E-state index contributed by atoms with van der Waals surface area (Å²) in [5, 5.41) is 5.63. The van der Waals surface area contributed by atoms with E-state index in [9.17, 15) is 23.2 Å². The summed E-state index contributed by atoms with van der Waals surface area (Å²) in [7, 11) is 1.68. The summed E-state index contributed by atoms with van der Waals surface area (Å²) in [6.45, 7) is 0.495. The number of rotatable bonds is 5. The molecule has 1 atom stereocenters. The van der Waals surface area contributed by atoms with Gasteiger partial charge in [-0.1, -0.05) is 42.5 Å². The molecule has 0 bridgehead atoms. The SMILES string of the molecule is CN1C(=O)C(NC(=O)C2(CNC(=O)c3cc(F)cc(F)c3)CCOCC2)c2ccccc2-c2ccccc21. The first-order valence-corrected chi connectivity index (χ1v) is 12.4. The van der Waals surface area contributed by atoms with Crippen molar-refractivity contribution in [2.24, 2.45) is 5.41 Å². The highest BCUT2D eigenvalue weighted by Crippen LogP contribution is 2.40. The van der Waals surface area contributed by atoms with Gasteiger partial charge in [-0.2, -0.15) is 0 Å². The molecule has 0 radical (unpaired) electrons. The fraction of sp³-hybridized carbons (Fsp3) is 0.276. The molecule has 2 aliphatic rings. The molecule has 1 saturated heterocycles. The zero-order chi connectivity index (χ0) is 26.9. The second-order valence-electron chi connectivity index (χ2n) is 9.64. The average Bonchev–Trinajstić information content (AvgIpc) is 3.01. The Labute approximate surface area is 218 Å². The first-order chi connectivity index (χ1) is 18.3. The molecule has 0 saturated carbocycles. The topological polar surface area (TPSA) is 87.7 Å². The van der Waals surface area contributed by atoms with Crippen molar-refractivity contribution >= 4 is 23.4 Å². The van der Waals surface area contributed by atoms with E-state index in [1.165, 1.54) is 4.90 Å². The second kappa shape index (κ2) is 10.3. The molecule has 0 aliphatic carbocycles. The van der Waals surface area contributed by atoms with Gasteiger partial charge < -0.3 is 20.3 Å². The van der Waals surface area contributed by atoms with Crippen LogP contribution in [0.3, 0.4) is 0 Å². The number of carbonyl (C=O) groups excluding carboxylic acids is 3. The van der Waals surface area contributed by atoms with Gasteiger partial charge in [0.05, 0.1) is 11.1 Å². The normalized spacial score (nSPS) is 18.1. The lowest BCUT2D eigenvalue weighted by atomic mass is 9.78. The Morgan fingerprint density at radius 3 is 2.32 bits per heavy atom. The Kier molecular flexibility index (Phi) is 6.94. The summed E-state index contributed by atoms with van der Waals surface area (Å²) >= 11 is 0. The fourth-order valence-electron chi connectivity index (χ4n) is 5.14. The molecule has 1 unspecified atom stereocenters. The molecule has 5 rings (SSSR count). The van der Waals surface area contributed by atoms with Crippen LogP contribution in [0, 0.1) is 17.0 Å². The molecule has 0 aromatic heterocycles. The highest BCUT2D eigenvalue weighted by molar-refractivity contribution is 6.06. The van der Waals surface area contributed by atoms with Gasteiger partial charge >= 0.3 is 0 Å². The van der Waals surface area contributed by atoms with Crippen LogP contribution < -0.4 is 15.5 Å². The third-order valence-electron chi connectivity index (χ3n) is 7.32. The van der Waals surface area contributed by atoms with Gasteiger partial charge in [0.25, 0.3) is 11.8 Å². The number of anilines is 1. The lowest BCUT2D eigenvalue weighted by Crippen LogP contribution is -2.53. The van der Waals surface area contributed by atoms with E-state index in [2.05, 4.69) is 10.6 Å². The number of para-hydroxylation sites is 1. The summed E-state index contributed by atoms with van der Waals surface area (Å²) in [6.07, 6.45) is 0.602. The predicted octanol–water partition coefficient (Wildman–Crippen LogP) is 3.99. The monoisotopic (exact) mass is 519 g/mol. The van der Waals surface area contributed by atoms with Gasteiger partial charge in [0.15, 0.2) is 0 Å². The van der Waals surface area contributed by atoms with Crippen LogP contribution in [0.25, 0.3) is 11.1 Å². The van der Waals surface area contributed by atoms with Crippen LogP contribution in [-0.2, 0) is 14.3 Å². The molecular weight excluding hydrogens is 492 g/mol. The van der Waals surface area contributed by atoms with E-state index >= 15 is 0 Å². The number of ether oxygens (including phenoxy) is 1. The Morgan fingerprint density at radius 1 is 0.974 bits per heavy atom. The van der Waals surface area contributed by atoms with Crippen molar-refractivity contribution < 1.29 is 27.9 Å². The number of likely N-dealkylation sites (N-methyl/N-ethyl adjacent to an activating group) is 1. The van der Waals surface area contributed by atoms with E-state index in [1.807, 2.05) is 48.5 Å². The third-order valence-corrected chi connectivity index (χ3v) is 7.32. The van der Waals surface area contributed by atoms with Crippen LogP contribution in [-0.4, -0.2) is 44.5 Å². The first kappa shape index (κ1) is 25.5. The molecule has 196 valence electrons. The summed E-state index contributed by atoms with van der Waals surface area (Å²) in [5.41, 5.74) is 1.87. The van der Waals surface area contributed by atoms with Crippen molar-refractivity contribution in [1.82, 2.24) is 10.6 Å². The standard InChI is InChI=1S/C29H27F2N3O4/c1-34-24-9-5-4-7-22(24)21-6-2-3-8-23(21)25(27(34)36)33-28(37)29(10-12-38-13-11-29)17-32-26(35)18-14-19(30)16-20(31)15-18/h2-9,14-16,25H,10-13,17H2,1H3,(H,32,35)(H,33,37). The Hall–Kier alpha value is -4.11. The Bertz CT molecular complexity index is 1380. The van der Waals surface area contributed by atoms with Crippen LogP contribution in [0.4, 0.5) is 14.5 Å². The van der Waals surface area contributed by atoms with E-state index in [0.29, 0.717) is 37.7 Å². The summed E-state index contributed by atoms with van der Waals surface area (Å²) in [5.74, 6) is -3.14. The van der Waals surface area contributed by atoms with Crippen LogP contribution >= 0.6 is 0 Å². The van der Waals surface area contributed by atoms with Crippen LogP contribution in [0.1, 0.15) is 34.8 Å². The maximum Gasteiger partial charge on any atom is 0.253 e. The molecule has 2 N–H and O–H groups in total. The van der Waals surface area contributed by atoms with E-state index in [0.717, 1.165) is 28.9 Å². The van der Waals surface area contributed by atoms with E-state index < -0.39 is 34.9 Å². The minimum Gasteiger partial charge on any atom is -0.381 e. The van der Waals surface area contributed by atoms with Crippen molar-refractivity contribution in [3.05, 3.63) is 89.5 Å². The van der Waals surface area contributed by atoms with Crippen molar-refractivity contribution in [3.8, 4) is 11.1 Å². The van der Waals surface area contributed by atoms with E-state index in [-0.39, 0.29) is 18.0 Å². The van der Waals surface area contributed by atoms with Gasteiger partial charge in [-0.15, -0.1) is 0 Å². The van der Waals surface area contributed by atoms with Crippen molar-refractivity contribution in [2.45, 2.75) is 18.9 Å². The third kappa shape index (κ3) is 4.77. The fourth-order valence-corrected chi connectivity index (χ4v) is 5.14. The van der Waals surface area contributed by atoms with Gasteiger partial charge in [0.2, 0.25) is 5.91 Å². The van der Waals surface area contributed by atoms with Crippen LogP contribution in [0.2, 0.25) is 0 Å².